The van der Waals surface area contributed by atoms with Crippen molar-refractivity contribution in [1.82, 2.24) is 24.7 Å². The first-order valence-corrected chi connectivity index (χ1v) is 43.4. The number of aromatic nitrogens is 2. The molecule has 7 N–H and O–H groups in total. The van der Waals surface area contributed by atoms with Gasteiger partial charge in [0.25, 0.3) is 0 Å². The molecule has 5 saturated heterocycles. The van der Waals surface area contributed by atoms with E-state index in [9.17, 15) is 44.7 Å². The van der Waals surface area contributed by atoms with Crippen molar-refractivity contribution in [3.05, 3.63) is 82.7 Å². The maximum atomic E-state index is 14.1. The molecule has 8 aliphatic rings. The number of hydrogen-bond donors (Lipinski definition) is 7. The smallest absolute Gasteiger partial charge is 0.338 e. The number of Topliss-reactive ketones (excluding diaryl/α,β-unsaturated/α-hetero) is 1. The van der Waals surface area contributed by atoms with Gasteiger partial charge in [0.1, 0.15) is 47.7 Å². The summed E-state index contributed by atoms with van der Waals surface area (Å²) in [5, 5.41) is 60.4. The minimum absolute atomic E-state index is 0.0170. The number of benzene rings is 3. The lowest BCUT2D eigenvalue weighted by molar-refractivity contribution is -0.318. The van der Waals surface area contributed by atoms with Crippen LogP contribution in [0.15, 0.2) is 54.7 Å². The van der Waals surface area contributed by atoms with Gasteiger partial charge in [-0.15, -0.1) is 0 Å². The van der Waals surface area contributed by atoms with E-state index in [4.69, 9.17) is 61.6 Å². The van der Waals surface area contributed by atoms with E-state index in [1.54, 1.807) is 73.5 Å². The molecule has 2 aromatic heterocycles. The quantitative estimate of drug-likeness (QED) is 0.0298. The molecule has 27 nitrogen and oxygen atoms in total. The third-order valence-corrected chi connectivity index (χ3v) is 28.0. The maximum Gasteiger partial charge on any atom is 0.338 e. The molecule has 0 bridgehead atoms. The highest BCUT2D eigenvalue weighted by Gasteiger charge is 2.57. The second-order valence-electron chi connectivity index (χ2n) is 35.2. The predicted molar refractivity (Wildman–Crippen MR) is 444 cm³/mol. The monoisotopic (exact) mass is 1660 g/mol. The molecular weight excluding hydrogens is 1520 g/mol. The van der Waals surface area contributed by atoms with Crippen molar-refractivity contribution in [2.75, 3.05) is 102 Å². The van der Waals surface area contributed by atoms with Crippen molar-refractivity contribution in [3.8, 4) is 23.0 Å². The molecule has 0 spiro atoms. The van der Waals surface area contributed by atoms with Crippen LogP contribution >= 0.6 is 11.8 Å². The summed E-state index contributed by atoms with van der Waals surface area (Å²) in [5.41, 5.74) is 3.47. The number of nitrogens with zero attached hydrogens (tertiary/aromatic N) is 3. The fraction of sp³-hybridized carbons (Fsp3) is 0.708. The molecule has 28 heteroatoms. The van der Waals surface area contributed by atoms with Crippen molar-refractivity contribution >= 4 is 57.3 Å². The molecule has 13 rings (SSSR count). The summed E-state index contributed by atoms with van der Waals surface area (Å²) in [6, 6.07) is 16.6. The topological polar surface area (TPSA) is 331 Å². The number of rotatable bonds is 19. The van der Waals surface area contributed by atoms with Gasteiger partial charge in [-0.2, -0.15) is 11.8 Å². The number of likely N-dealkylation sites (tertiary alicyclic amines) is 1. The molecule has 6 aliphatic heterocycles. The number of nitrogens with one attached hydrogen (secondary N) is 2. The van der Waals surface area contributed by atoms with E-state index in [0.717, 1.165) is 49.0 Å². The summed E-state index contributed by atoms with van der Waals surface area (Å²) in [4.78, 5) is 69.2. The lowest BCUT2D eigenvalue weighted by Gasteiger charge is -2.52. The van der Waals surface area contributed by atoms with Crippen LogP contribution in [-0.2, 0) is 69.9 Å². The Morgan fingerprint density at radius 1 is 0.795 bits per heavy atom. The molecule has 27 atom stereocenters. The van der Waals surface area contributed by atoms with E-state index >= 15 is 0 Å². The van der Waals surface area contributed by atoms with Crippen molar-refractivity contribution in [2.45, 2.75) is 255 Å². The second kappa shape index (κ2) is 38.5. The average molecular weight is 1660 g/mol. The van der Waals surface area contributed by atoms with Crippen LogP contribution in [-0.4, -0.2) is 278 Å². The molecular formula is C89H133N5O22S. The number of ether oxygens (including phenoxy) is 13. The summed E-state index contributed by atoms with van der Waals surface area (Å²) < 4.78 is 76.2. The minimum atomic E-state index is -1.99. The van der Waals surface area contributed by atoms with Crippen LogP contribution in [0.1, 0.15) is 172 Å². The van der Waals surface area contributed by atoms with E-state index in [2.05, 4.69) is 63.4 Å². The molecule has 5 aromatic rings. The number of aromatic amines is 2. The number of thioether (sulfide) groups is 1. The number of piperidine rings is 2. The Morgan fingerprint density at radius 2 is 1.51 bits per heavy atom. The molecule has 0 amide bonds. The normalized spacial score (nSPS) is 36.8. The zero-order valence-corrected chi connectivity index (χ0v) is 73.4. The Bertz CT molecular complexity index is 4170. The largest absolute Gasteiger partial charge is 0.497 e. The Balaban J connectivity index is 0.000000184. The summed E-state index contributed by atoms with van der Waals surface area (Å²) in [7, 11) is 14.3. The lowest BCUT2D eigenvalue weighted by Crippen LogP contribution is -2.61. The third kappa shape index (κ3) is 18.9. The van der Waals surface area contributed by atoms with Gasteiger partial charge >= 0.3 is 17.9 Å². The maximum absolute atomic E-state index is 14.1. The number of H-pyrrole nitrogens is 2. The van der Waals surface area contributed by atoms with Crippen LogP contribution in [0.2, 0.25) is 0 Å². The number of aliphatic hydroxyl groups excluding tert-OH is 3. The van der Waals surface area contributed by atoms with Crippen LogP contribution in [0.4, 0.5) is 0 Å². The summed E-state index contributed by atoms with van der Waals surface area (Å²) in [6.07, 6.45) is -0.420. The highest BCUT2D eigenvalue weighted by atomic mass is 32.2. The van der Waals surface area contributed by atoms with Gasteiger partial charge in [0.05, 0.1) is 101 Å². The number of carbonyl (C=O) groups is 4. The van der Waals surface area contributed by atoms with E-state index in [0.29, 0.717) is 36.1 Å². The fourth-order valence-electron chi connectivity index (χ4n) is 21.0. The van der Waals surface area contributed by atoms with E-state index in [1.807, 2.05) is 49.8 Å². The molecule has 652 valence electrons. The number of aliphatic hydroxyl groups is 5. The number of methoxy groups -OCH3 is 7. The van der Waals surface area contributed by atoms with Gasteiger partial charge in [-0.25, -0.2) is 4.79 Å². The van der Waals surface area contributed by atoms with Gasteiger partial charge in [0.15, 0.2) is 24.1 Å². The molecule has 6 fully saturated rings. The number of hydrogen-bond acceptors (Lipinski definition) is 26. The number of likely N-dealkylation sites (N-methyl/N-ethyl adjacent to an activating group) is 1. The van der Waals surface area contributed by atoms with Gasteiger partial charge in [0, 0.05) is 116 Å². The number of esters is 3. The average Bonchev–Trinajstić information content (AvgIpc) is 1.67. The van der Waals surface area contributed by atoms with Crippen LogP contribution in [0, 0.1) is 47.3 Å². The van der Waals surface area contributed by atoms with E-state index in [1.165, 1.54) is 128 Å². The molecule has 1 saturated carbocycles. The Hall–Kier alpha value is -6.19. The van der Waals surface area contributed by atoms with Gasteiger partial charge in [-0.3, -0.25) is 24.2 Å². The zero-order valence-electron chi connectivity index (χ0n) is 72.6. The first-order valence-electron chi connectivity index (χ1n) is 42.0. The molecule has 117 heavy (non-hydrogen) atoms. The van der Waals surface area contributed by atoms with E-state index < -0.39 is 132 Å². The highest BCUT2D eigenvalue weighted by Crippen LogP contribution is 2.53. The van der Waals surface area contributed by atoms with Gasteiger partial charge in [0.2, 0.25) is 5.75 Å². The fourth-order valence-corrected chi connectivity index (χ4v) is 21.7. The predicted octanol–water partition coefficient (Wildman–Crippen LogP) is 10.2. The van der Waals surface area contributed by atoms with Crippen molar-refractivity contribution < 1.29 is 106 Å². The van der Waals surface area contributed by atoms with Gasteiger partial charge < -0.3 is 102 Å². The summed E-state index contributed by atoms with van der Waals surface area (Å²) in [6.45, 7) is 22.9. The third-order valence-electron chi connectivity index (χ3n) is 27.2. The minimum Gasteiger partial charge on any atom is -0.497 e. The zero-order chi connectivity index (χ0) is 85.2. The number of carbonyl (C=O) groups excluding carboxylic acids is 4. The second-order valence-corrected chi connectivity index (χ2v) is 36.1. The molecule has 8 heterocycles. The van der Waals surface area contributed by atoms with Gasteiger partial charge in [-0.05, 0) is 197 Å². The number of fused-ring (bicyclic) bond motifs is 8. The van der Waals surface area contributed by atoms with Crippen LogP contribution in [0.3, 0.4) is 0 Å². The SMILES string of the molecule is CCCN1C[C@H](CSC)C[C@@H]2c3cccc4[nH]cc(c34)C[C@H]21.CC[C@H]1OC(=O)[C@H](C)[C@@H](O[C@H]2C[C@@](C)(OC)[C@@H](O)[C@H](C)O2)[C@H](C)[C@@H](O[C@@H]2O[C@H](C)C[C@H](N(C)C)[C@H]2O)[C@](C)(O)C[C@@H](C)C(=O)[C@H](C)[C@@H](O)[C@]1(C)O.COC(=O)[C@H]1[C@H]2C[C@@H]3c4[nH]c5cc(OC)ccc5c4CCN3C[C@H]2C[C@@H](OC(=O)c2cc(OC)c(OC)c(OC)c2)[C@@H]1OC. The molecule has 2 aliphatic carbocycles. The summed E-state index contributed by atoms with van der Waals surface area (Å²) in [5.74, 6) is -1.66. The lowest BCUT2D eigenvalue weighted by atomic mass is 9.63. The molecule has 0 unspecified atom stereocenters. The van der Waals surface area contributed by atoms with Crippen molar-refractivity contribution in [3.63, 3.8) is 0 Å². The molecule has 3 aromatic carbocycles. The van der Waals surface area contributed by atoms with Crippen molar-refractivity contribution in [2.24, 2.45) is 47.3 Å². The highest BCUT2D eigenvalue weighted by molar-refractivity contribution is 7.98. The number of ketones is 1. The summed E-state index contributed by atoms with van der Waals surface area (Å²) >= 11 is 2.01. The van der Waals surface area contributed by atoms with Crippen LogP contribution in [0.25, 0.3) is 21.8 Å². The van der Waals surface area contributed by atoms with Crippen LogP contribution < -0.4 is 18.9 Å². The first-order chi connectivity index (χ1) is 55.6. The standard InChI is InChI=1S/C37H67NO13.C33H40N2O9.C19H26N2S/c1-14-25-37(10,45)30(41)20(4)27(39)18(2)16-35(8,44)32(51-34-28(40)24(38(11)12)15-19(3)47-34)21(5)29(22(6)33(43)49-25)50-26-17-36(9,46-13)31(42)23(7)48-26;1-38-19-7-8-20-21-9-10-35-16-18-13-27(44-32(36)17-11-25(39-2)30(41-4)26(12-17)40-3)31(42-5)28(33(37)43-6)22(18)15-24(35)29(21)34-23(20)14-19;1-3-7-21-11-13(12-22-2)8-16-15-5-4-6-17-19(15)14(10-20-17)9-18(16)21/h18-26,28-32,34,40-42,44-45H,14-17H2,1-13H3;7-8,11-12,14,18,22,24,27-28,31,34H,9-10,13,15-16H2,1-6H3;4-6,10,13,16,18,20H,3,7-9,11-12H2,1-2H3/t18-,19-,20+,21+,22-,23+,24+,25-,26+,28-,29+,30-,31+,32-,34+,35-,36-,37-;18-,22+,24-,27-,28+,31+;13-,16-,18-/m111/s1. The Labute approximate surface area is 694 Å². The van der Waals surface area contributed by atoms with Crippen molar-refractivity contribution in [1.29, 1.82) is 0 Å². The van der Waals surface area contributed by atoms with Gasteiger partial charge in [-0.1, -0.05) is 46.8 Å². The molecule has 0 radical (unpaired) electrons. The number of cyclic esters (lactones) is 1. The Kier molecular flexibility index (Phi) is 30.1. The van der Waals surface area contributed by atoms with Crippen LogP contribution in [0.5, 0.6) is 23.0 Å². The first kappa shape index (κ1) is 91.5. The van der Waals surface area contributed by atoms with E-state index in [-0.39, 0.29) is 60.8 Å². The Morgan fingerprint density at radius 3 is 2.15 bits per heavy atom.